The predicted molar refractivity (Wildman–Crippen MR) is 81.5 cm³/mol. The Morgan fingerprint density at radius 2 is 2.11 bits per heavy atom. The van der Waals surface area contributed by atoms with E-state index in [9.17, 15) is 0 Å². The quantitative estimate of drug-likeness (QED) is 0.861. The molecule has 0 spiro atoms. The van der Waals surface area contributed by atoms with E-state index < -0.39 is 0 Å². The third-order valence-electron chi connectivity index (χ3n) is 4.27. The maximum atomic E-state index is 6.51. The zero-order valence-corrected chi connectivity index (χ0v) is 12.2. The van der Waals surface area contributed by atoms with Gasteiger partial charge in [-0.1, -0.05) is 24.3 Å². The van der Waals surface area contributed by atoms with Crippen LogP contribution in [0.25, 0.3) is 0 Å². The number of ether oxygens (including phenoxy) is 1. The summed E-state index contributed by atoms with van der Waals surface area (Å²) in [7, 11) is 0. The molecule has 1 aromatic rings. The molecular weight excluding hydrogens is 254 g/mol. The zero-order chi connectivity index (χ0) is 13.1. The van der Waals surface area contributed by atoms with E-state index in [0.717, 1.165) is 12.4 Å². The van der Waals surface area contributed by atoms with Crippen molar-refractivity contribution >= 4 is 11.8 Å². The summed E-state index contributed by atoms with van der Waals surface area (Å²) in [6, 6.07) is 8.88. The minimum Gasteiger partial charge on any atom is -0.377 e. The van der Waals surface area contributed by atoms with Crippen LogP contribution >= 0.6 is 11.8 Å². The second-order valence-corrected chi connectivity index (χ2v) is 6.90. The first-order valence-electron chi connectivity index (χ1n) is 7.41. The average molecular weight is 277 g/mol. The van der Waals surface area contributed by atoms with Gasteiger partial charge in [0.05, 0.1) is 6.10 Å². The van der Waals surface area contributed by atoms with Gasteiger partial charge in [0, 0.05) is 23.7 Å². The van der Waals surface area contributed by atoms with Gasteiger partial charge in [0.1, 0.15) is 0 Å². The highest BCUT2D eigenvalue weighted by Gasteiger charge is 2.26. The minimum absolute atomic E-state index is 0.185. The SMILES string of the molecule is NC1c2ccccc2CCCC1SCC1CCCO1. The van der Waals surface area contributed by atoms with Crippen molar-refractivity contribution in [3.63, 3.8) is 0 Å². The van der Waals surface area contributed by atoms with Crippen molar-refractivity contribution in [2.24, 2.45) is 5.73 Å². The lowest BCUT2D eigenvalue weighted by Crippen LogP contribution is -2.25. The second kappa shape index (κ2) is 6.29. The van der Waals surface area contributed by atoms with Crippen LogP contribution in [-0.4, -0.2) is 23.7 Å². The van der Waals surface area contributed by atoms with E-state index >= 15 is 0 Å². The first kappa shape index (κ1) is 13.5. The van der Waals surface area contributed by atoms with Crippen LogP contribution in [0.2, 0.25) is 0 Å². The molecule has 1 aliphatic carbocycles. The lowest BCUT2D eigenvalue weighted by molar-refractivity contribution is 0.128. The first-order chi connectivity index (χ1) is 9.34. The van der Waals surface area contributed by atoms with Gasteiger partial charge in [-0.15, -0.1) is 0 Å². The number of fused-ring (bicyclic) bond motifs is 1. The van der Waals surface area contributed by atoms with Crippen LogP contribution in [0.3, 0.4) is 0 Å². The van der Waals surface area contributed by atoms with E-state index in [0.29, 0.717) is 11.4 Å². The van der Waals surface area contributed by atoms with Crippen molar-refractivity contribution in [2.75, 3.05) is 12.4 Å². The molecule has 0 amide bonds. The predicted octanol–water partition coefficient (Wildman–Crippen LogP) is 3.30. The fourth-order valence-corrected chi connectivity index (χ4v) is 4.57. The van der Waals surface area contributed by atoms with Crippen LogP contribution < -0.4 is 5.73 Å². The van der Waals surface area contributed by atoms with Crippen LogP contribution in [0.15, 0.2) is 24.3 Å². The molecule has 104 valence electrons. The molecule has 1 heterocycles. The zero-order valence-electron chi connectivity index (χ0n) is 11.4. The summed E-state index contributed by atoms with van der Waals surface area (Å²) in [6.45, 7) is 0.949. The minimum atomic E-state index is 0.185. The molecule has 1 saturated heterocycles. The molecule has 1 aliphatic heterocycles. The van der Waals surface area contributed by atoms with Crippen molar-refractivity contribution in [3.8, 4) is 0 Å². The number of benzene rings is 1. The summed E-state index contributed by atoms with van der Waals surface area (Å²) >= 11 is 2.03. The van der Waals surface area contributed by atoms with Crippen molar-refractivity contribution < 1.29 is 4.74 Å². The summed E-state index contributed by atoms with van der Waals surface area (Å²) in [4.78, 5) is 0. The lowest BCUT2D eigenvalue weighted by Gasteiger charge is -2.23. The number of nitrogens with two attached hydrogens (primary N) is 1. The van der Waals surface area contributed by atoms with Crippen molar-refractivity contribution in [2.45, 2.75) is 49.5 Å². The highest BCUT2D eigenvalue weighted by atomic mass is 32.2. The Kier molecular flexibility index (Phi) is 4.46. The number of aryl methyl sites for hydroxylation is 1. The molecule has 3 heteroatoms. The average Bonchev–Trinajstić information content (AvgIpc) is 2.90. The largest absolute Gasteiger partial charge is 0.377 e. The summed E-state index contributed by atoms with van der Waals surface area (Å²) in [5.41, 5.74) is 9.33. The summed E-state index contributed by atoms with van der Waals surface area (Å²) in [6.07, 6.45) is 6.59. The summed E-state index contributed by atoms with van der Waals surface area (Å²) in [5.74, 6) is 1.11. The maximum Gasteiger partial charge on any atom is 0.0666 e. The van der Waals surface area contributed by atoms with Crippen molar-refractivity contribution in [3.05, 3.63) is 35.4 Å². The van der Waals surface area contributed by atoms with Gasteiger partial charge in [0.15, 0.2) is 0 Å². The van der Waals surface area contributed by atoms with Crippen molar-refractivity contribution in [1.82, 2.24) is 0 Å². The number of thioether (sulfide) groups is 1. The van der Waals surface area contributed by atoms with Gasteiger partial charge in [0.25, 0.3) is 0 Å². The molecule has 0 bridgehead atoms. The smallest absolute Gasteiger partial charge is 0.0666 e. The number of hydrogen-bond donors (Lipinski definition) is 1. The normalized spacial score (nSPS) is 30.9. The van der Waals surface area contributed by atoms with Gasteiger partial charge in [-0.05, 0) is 43.2 Å². The number of rotatable bonds is 3. The molecule has 2 aliphatic rings. The van der Waals surface area contributed by atoms with Gasteiger partial charge in [0.2, 0.25) is 0 Å². The van der Waals surface area contributed by atoms with Crippen LogP contribution in [0.5, 0.6) is 0 Å². The topological polar surface area (TPSA) is 35.2 Å². The summed E-state index contributed by atoms with van der Waals surface area (Å²) in [5, 5.41) is 0.549. The maximum absolute atomic E-state index is 6.51. The molecule has 3 unspecified atom stereocenters. The molecule has 2 nitrogen and oxygen atoms in total. The summed E-state index contributed by atoms with van der Waals surface area (Å²) < 4.78 is 5.72. The first-order valence-corrected chi connectivity index (χ1v) is 8.46. The molecule has 3 rings (SSSR count). The van der Waals surface area contributed by atoms with E-state index in [2.05, 4.69) is 24.3 Å². The Balaban J connectivity index is 1.65. The molecule has 3 atom stereocenters. The highest BCUT2D eigenvalue weighted by molar-refractivity contribution is 8.00. The Labute approximate surface area is 120 Å². The molecule has 1 fully saturated rings. The Morgan fingerprint density at radius 1 is 1.21 bits per heavy atom. The molecule has 0 saturated carbocycles. The number of hydrogen-bond acceptors (Lipinski definition) is 3. The van der Waals surface area contributed by atoms with E-state index in [1.54, 1.807) is 0 Å². The van der Waals surface area contributed by atoms with Crippen LogP contribution in [-0.2, 0) is 11.2 Å². The molecule has 0 radical (unpaired) electrons. The van der Waals surface area contributed by atoms with Crippen LogP contribution in [0, 0.1) is 0 Å². The van der Waals surface area contributed by atoms with Crippen LogP contribution in [0.4, 0.5) is 0 Å². The molecule has 2 N–H and O–H groups in total. The monoisotopic (exact) mass is 277 g/mol. The standard InChI is InChI=1S/C16H23NOS/c17-16-14-8-2-1-5-12(14)6-3-9-15(16)19-11-13-7-4-10-18-13/h1-2,5,8,13,15-16H,3-4,6-7,9-11,17H2. The van der Waals surface area contributed by atoms with E-state index in [1.165, 1.54) is 43.2 Å². The van der Waals surface area contributed by atoms with Gasteiger partial charge in [-0.25, -0.2) is 0 Å². The Hall–Kier alpha value is -0.510. The van der Waals surface area contributed by atoms with Gasteiger partial charge >= 0.3 is 0 Å². The fraction of sp³-hybridized carbons (Fsp3) is 0.625. The fourth-order valence-electron chi connectivity index (χ4n) is 3.15. The van der Waals surface area contributed by atoms with E-state index in [4.69, 9.17) is 10.5 Å². The van der Waals surface area contributed by atoms with E-state index in [1.807, 2.05) is 11.8 Å². The lowest BCUT2D eigenvalue weighted by atomic mass is 10.00. The molecule has 0 aromatic heterocycles. The Morgan fingerprint density at radius 3 is 2.95 bits per heavy atom. The van der Waals surface area contributed by atoms with Crippen molar-refractivity contribution in [1.29, 1.82) is 0 Å². The molecule has 19 heavy (non-hydrogen) atoms. The second-order valence-electron chi connectivity index (χ2n) is 5.62. The third-order valence-corrected chi connectivity index (χ3v) is 5.79. The molecule has 1 aromatic carbocycles. The van der Waals surface area contributed by atoms with Gasteiger partial charge in [-0.2, -0.15) is 11.8 Å². The van der Waals surface area contributed by atoms with Crippen LogP contribution in [0.1, 0.15) is 42.9 Å². The van der Waals surface area contributed by atoms with Gasteiger partial charge in [-0.3, -0.25) is 0 Å². The third kappa shape index (κ3) is 3.15. The van der Waals surface area contributed by atoms with E-state index in [-0.39, 0.29) is 6.04 Å². The molecular formula is C16H23NOS. The highest BCUT2D eigenvalue weighted by Crippen LogP contribution is 2.35. The van der Waals surface area contributed by atoms with Gasteiger partial charge < -0.3 is 10.5 Å². The Bertz CT molecular complexity index is 417.